The Hall–Kier alpha value is -1.39. The van der Waals surface area contributed by atoms with E-state index in [-0.39, 0.29) is 34.9 Å². The van der Waals surface area contributed by atoms with Gasteiger partial charge in [-0.05, 0) is 37.2 Å². The SMILES string of the molecule is COc1ccc(NC(=O)C(C)C2CNC2)cc1S(=O)(=O)N1CCOCC1.Cl. The standard InChI is InChI=1S/C17H25N3O5S.ClH/c1-12(13-10-18-11-13)17(21)19-14-3-4-15(24-2)16(9-14)26(22,23)20-5-7-25-8-6-20;/h3-4,9,12-13,18H,5-8,10-11H2,1-2H3,(H,19,21);1H. The Kier molecular flexibility index (Phi) is 7.47. The molecule has 1 unspecified atom stereocenters. The van der Waals surface area contributed by atoms with E-state index in [1.54, 1.807) is 12.1 Å². The number of methoxy groups -OCH3 is 1. The number of carbonyl (C=O) groups is 1. The second-order valence-corrected chi connectivity index (χ2v) is 8.48. The average Bonchev–Trinajstić information content (AvgIpc) is 2.61. The van der Waals surface area contributed by atoms with Crippen molar-refractivity contribution in [2.75, 3.05) is 51.8 Å². The van der Waals surface area contributed by atoms with Gasteiger partial charge in [0.25, 0.3) is 0 Å². The molecule has 0 saturated carbocycles. The first-order valence-corrected chi connectivity index (χ1v) is 10.1. The van der Waals surface area contributed by atoms with E-state index >= 15 is 0 Å². The van der Waals surface area contributed by atoms with Crippen molar-refractivity contribution in [2.45, 2.75) is 11.8 Å². The van der Waals surface area contributed by atoms with Crippen LogP contribution in [0.1, 0.15) is 6.92 Å². The molecule has 1 aromatic carbocycles. The zero-order valence-electron chi connectivity index (χ0n) is 15.4. The molecule has 2 saturated heterocycles. The van der Waals surface area contributed by atoms with Crippen molar-refractivity contribution in [1.29, 1.82) is 0 Å². The summed E-state index contributed by atoms with van der Waals surface area (Å²) >= 11 is 0. The largest absolute Gasteiger partial charge is 0.495 e. The van der Waals surface area contributed by atoms with Crippen molar-refractivity contribution in [1.82, 2.24) is 9.62 Å². The minimum Gasteiger partial charge on any atom is -0.495 e. The van der Waals surface area contributed by atoms with Gasteiger partial charge in [-0.3, -0.25) is 4.79 Å². The van der Waals surface area contributed by atoms with Gasteiger partial charge in [0.2, 0.25) is 15.9 Å². The van der Waals surface area contributed by atoms with Crippen LogP contribution in [0.15, 0.2) is 23.1 Å². The lowest BCUT2D eigenvalue weighted by Gasteiger charge is -2.31. The molecular weight excluding hydrogens is 394 g/mol. The van der Waals surface area contributed by atoms with Crippen LogP contribution in [-0.2, 0) is 19.6 Å². The molecule has 1 aromatic rings. The highest BCUT2D eigenvalue weighted by Crippen LogP contribution is 2.30. The zero-order valence-corrected chi connectivity index (χ0v) is 17.1. The van der Waals surface area contributed by atoms with Gasteiger partial charge in [-0.1, -0.05) is 6.92 Å². The number of anilines is 1. The average molecular weight is 420 g/mol. The highest BCUT2D eigenvalue weighted by Gasteiger charge is 2.31. The van der Waals surface area contributed by atoms with Gasteiger partial charge in [0.15, 0.2) is 0 Å². The van der Waals surface area contributed by atoms with Crippen LogP contribution < -0.4 is 15.4 Å². The van der Waals surface area contributed by atoms with Gasteiger partial charge < -0.3 is 20.1 Å². The monoisotopic (exact) mass is 419 g/mol. The van der Waals surface area contributed by atoms with Crippen molar-refractivity contribution in [3.05, 3.63) is 18.2 Å². The molecule has 8 nitrogen and oxygen atoms in total. The number of hydrogen-bond donors (Lipinski definition) is 2. The van der Waals surface area contributed by atoms with Crippen LogP contribution >= 0.6 is 12.4 Å². The molecule has 1 amide bonds. The van der Waals surface area contributed by atoms with Gasteiger partial charge in [-0.2, -0.15) is 4.31 Å². The summed E-state index contributed by atoms with van der Waals surface area (Å²) in [5, 5.41) is 5.98. The van der Waals surface area contributed by atoms with Gasteiger partial charge in [0.05, 0.1) is 20.3 Å². The molecule has 27 heavy (non-hydrogen) atoms. The first-order valence-electron chi connectivity index (χ1n) is 8.71. The number of nitrogens with zero attached hydrogens (tertiary/aromatic N) is 1. The van der Waals surface area contributed by atoms with Crippen LogP contribution in [-0.4, -0.2) is 65.1 Å². The minimum atomic E-state index is -3.73. The van der Waals surface area contributed by atoms with Crippen LogP contribution in [0.5, 0.6) is 5.75 Å². The predicted molar refractivity (Wildman–Crippen MR) is 104 cm³/mol. The third-order valence-corrected chi connectivity index (χ3v) is 6.87. The van der Waals surface area contributed by atoms with Crippen molar-refractivity contribution in [3.8, 4) is 5.75 Å². The second-order valence-electron chi connectivity index (χ2n) is 6.58. The summed E-state index contributed by atoms with van der Waals surface area (Å²) in [5.74, 6) is 0.310. The number of carbonyl (C=O) groups excluding carboxylic acids is 1. The Morgan fingerprint density at radius 2 is 2.00 bits per heavy atom. The minimum absolute atomic E-state index is 0. The van der Waals surface area contributed by atoms with Gasteiger partial charge in [-0.25, -0.2) is 8.42 Å². The first-order chi connectivity index (χ1) is 12.4. The fourth-order valence-electron chi connectivity index (χ4n) is 3.02. The number of hydrogen-bond acceptors (Lipinski definition) is 6. The Morgan fingerprint density at radius 1 is 1.33 bits per heavy atom. The molecule has 2 heterocycles. The number of amides is 1. The Bertz CT molecular complexity index is 764. The van der Waals surface area contributed by atoms with Crippen LogP contribution in [0.2, 0.25) is 0 Å². The van der Waals surface area contributed by atoms with Crippen molar-refractivity contribution >= 4 is 34.0 Å². The lowest BCUT2D eigenvalue weighted by Crippen LogP contribution is -2.48. The molecular formula is C17H26ClN3O5S. The van der Waals surface area contributed by atoms with Gasteiger partial charge in [0, 0.05) is 24.7 Å². The summed E-state index contributed by atoms with van der Waals surface area (Å²) in [5.41, 5.74) is 0.446. The molecule has 152 valence electrons. The molecule has 3 rings (SSSR count). The molecule has 0 radical (unpaired) electrons. The van der Waals surface area contributed by atoms with E-state index in [4.69, 9.17) is 9.47 Å². The molecule has 0 spiro atoms. The normalized spacial score (nSPS) is 19.5. The molecule has 0 aromatic heterocycles. The third-order valence-electron chi connectivity index (χ3n) is 4.95. The van der Waals surface area contributed by atoms with E-state index in [2.05, 4.69) is 10.6 Å². The zero-order chi connectivity index (χ0) is 18.7. The Labute approximate surface area is 166 Å². The first kappa shape index (κ1) is 21.9. The van der Waals surface area contributed by atoms with Crippen LogP contribution in [0.4, 0.5) is 5.69 Å². The van der Waals surface area contributed by atoms with Crippen LogP contribution in [0.3, 0.4) is 0 Å². The lowest BCUT2D eigenvalue weighted by atomic mass is 9.88. The van der Waals surface area contributed by atoms with Crippen LogP contribution in [0.25, 0.3) is 0 Å². The van der Waals surface area contributed by atoms with Gasteiger partial charge >= 0.3 is 0 Å². The van der Waals surface area contributed by atoms with E-state index < -0.39 is 10.0 Å². The Morgan fingerprint density at radius 3 is 2.56 bits per heavy atom. The maximum absolute atomic E-state index is 13.0. The number of rotatable bonds is 6. The van der Waals surface area contributed by atoms with Gasteiger partial charge in [0.1, 0.15) is 10.6 Å². The van der Waals surface area contributed by atoms with E-state index in [0.717, 1.165) is 13.1 Å². The highest BCUT2D eigenvalue weighted by atomic mass is 35.5. The quantitative estimate of drug-likeness (QED) is 0.712. The van der Waals surface area contributed by atoms with E-state index in [0.29, 0.717) is 37.9 Å². The van der Waals surface area contributed by atoms with Crippen molar-refractivity contribution in [2.24, 2.45) is 11.8 Å². The number of ether oxygens (including phenoxy) is 2. The summed E-state index contributed by atoms with van der Waals surface area (Å²) in [6.07, 6.45) is 0. The smallest absolute Gasteiger partial charge is 0.246 e. The fourth-order valence-corrected chi connectivity index (χ4v) is 4.61. The maximum atomic E-state index is 13.0. The van der Waals surface area contributed by atoms with Crippen molar-refractivity contribution < 1.29 is 22.7 Å². The Balaban J connectivity index is 0.00000261. The number of benzene rings is 1. The van der Waals surface area contributed by atoms with Crippen molar-refractivity contribution in [3.63, 3.8) is 0 Å². The summed E-state index contributed by atoms with van der Waals surface area (Å²) in [6, 6.07) is 4.69. The molecule has 2 N–H and O–H groups in total. The molecule has 0 bridgehead atoms. The predicted octanol–water partition coefficient (Wildman–Crippen LogP) is 0.932. The topological polar surface area (TPSA) is 97.0 Å². The summed E-state index contributed by atoms with van der Waals surface area (Å²) in [7, 11) is -2.30. The molecule has 1 atom stereocenters. The number of halogens is 1. The molecule has 10 heteroatoms. The molecule has 2 fully saturated rings. The number of sulfonamides is 1. The highest BCUT2D eigenvalue weighted by molar-refractivity contribution is 7.89. The summed E-state index contributed by atoms with van der Waals surface area (Å²) in [4.78, 5) is 12.5. The third kappa shape index (κ3) is 4.72. The van der Waals surface area contributed by atoms with Crippen LogP contribution in [0, 0.1) is 11.8 Å². The molecule has 2 aliphatic rings. The van der Waals surface area contributed by atoms with E-state index in [1.807, 2.05) is 6.92 Å². The lowest BCUT2D eigenvalue weighted by molar-refractivity contribution is -0.121. The number of morpholine rings is 1. The van der Waals surface area contributed by atoms with E-state index in [9.17, 15) is 13.2 Å². The second kappa shape index (κ2) is 9.20. The molecule has 2 aliphatic heterocycles. The summed E-state index contributed by atoms with van der Waals surface area (Å²) < 4.78 is 37.8. The summed E-state index contributed by atoms with van der Waals surface area (Å²) in [6.45, 7) is 4.87. The maximum Gasteiger partial charge on any atom is 0.246 e. The van der Waals surface area contributed by atoms with Gasteiger partial charge in [-0.15, -0.1) is 12.4 Å². The number of nitrogens with one attached hydrogen (secondary N) is 2. The molecule has 0 aliphatic carbocycles. The van der Waals surface area contributed by atoms with E-state index in [1.165, 1.54) is 17.5 Å². The fraction of sp³-hybridized carbons (Fsp3) is 0.588.